The lowest BCUT2D eigenvalue weighted by Gasteiger charge is -2.08. The first-order valence-electron chi connectivity index (χ1n) is 8.51. The van der Waals surface area contributed by atoms with Crippen molar-refractivity contribution in [2.24, 2.45) is 0 Å². The van der Waals surface area contributed by atoms with Gasteiger partial charge in [-0.15, -0.1) is 10.2 Å². The molecule has 1 N–H and O–H groups in total. The molecule has 0 spiro atoms. The Hall–Kier alpha value is -3.18. The second-order valence-corrected chi connectivity index (χ2v) is 6.88. The van der Waals surface area contributed by atoms with Gasteiger partial charge in [0.25, 0.3) is 5.91 Å². The number of carbonyl (C=O) groups excluding carboxylic acids is 1. The van der Waals surface area contributed by atoms with Crippen LogP contribution in [0.25, 0.3) is 16.7 Å². The summed E-state index contributed by atoms with van der Waals surface area (Å²) in [7, 11) is 0. The molecular weight excluding hydrogens is 360 g/mol. The molecule has 0 unspecified atom stereocenters. The zero-order valence-corrected chi connectivity index (χ0v) is 15.7. The lowest BCUT2D eigenvalue weighted by molar-refractivity contribution is 0.102. The Balaban J connectivity index is 1.65. The van der Waals surface area contributed by atoms with Crippen LogP contribution < -0.4 is 5.32 Å². The molecule has 27 heavy (non-hydrogen) atoms. The van der Waals surface area contributed by atoms with Crippen molar-refractivity contribution in [2.45, 2.75) is 13.8 Å². The molecule has 0 saturated heterocycles. The lowest BCUT2D eigenvalue weighted by atomic mass is 10.1. The Morgan fingerprint density at radius 2 is 1.56 bits per heavy atom. The van der Waals surface area contributed by atoms with Gasteiger partial charge in [0, 0.05) is 16.3 Å². The largest absolute Gasteiger partial charge is 0.322 e. The van der Waals surface area contributed by atoms with Gasteiger partial charge in [-0.05, 0) is 67.9 Å². The van der Waals surface area contributed by atoms with Gasteiger partial charge in [0.2, 0.25) is 0 Å². The van der Waals surface area contributed by atoms with Crippen LogP contribution in [0, 0.1) is 13.8 Å². The number of aromatic nitrogens is 3. The van der Waals surface area contributed by atoms with E-state index in [1.165, 1.54) is 0 Å². The SMILES string of the molecule is Cc1ccc(C(=O)Nc2cc3nn(-c4ccc(Cl)cc4)nc3cc2C)cc1. The number of aryl methyl sites for hydroxylation is 2. The second-order valence-electron chi connectivity index (χ2n) is 6.44. The summed E-state index contributed by atoms with van der Waals surface area (Å²) in [6.45, 7) is 3.93. The molecule has 0 aliphatic carbocycles. The van der Waals surface area contributed by atoms with Crippen LogP contribution in [0.3, 0.4) is 0 Å². The number of nitrogens with zero attached hydrogens (tertiary/aromatic N) is 3. The van der Waals surface area contributed by atoms with E-state index in [-0.39, 0.29) is 5.91 Å². The number of benzene rings is 3. The van der Waals surface area contributed by atoms with Gasteiger partial charge in [0.15, 0.2) is 0 Å². The van der Waals surface area contributed by atoms with Crippen molar-refractivity contribution in [3.05, 3.63) is 82.4 Å². The van der Waals surface area contributed by atoms with Gasteiger partial charge < -0.3 is 5.32 Å². The lowest BCUT2D eigenvalue weighted by Crippen LogP contribution is -2.12. The third-order valence-corrected chi connectivity index (χ3v) is 4.60. The number of anilines is 1. The second kappa shape index (κ2) is 6.85. The van der Waals surface area contributed by atoms with Crippen molar-refractivity contribution in [3.8, 4) is 5.69 Å². The molecule has 0 fully saturated rings. The summed E-state index contributed by atoms with van der Waals surface area (Å²) in [4.78, 5) is 14.1. The van der Waals surface area contributed by atoms with Crippen LogP contribution >= 0.6 is 11.6 Å². The maximum Gasteiger partial charge on any atom is 0.255 e. The minimum absolute atomic E-state index is 0.150. The maximum atomic E-state index is 12.5. The Kier molecular flexibility index (Phi) is 4.38. The van der Waals surface area contributed by atoms with Crippen molar-refractivity contribution in [1.29, 1.82) is 0 Å². The van der Waals surface area contributed by atoms with Gasteiger partial charge in [-0.25, -0.2) is 0 Å². The Morgan fingerprint density at radius 3 is 2.22 bits per heavy atom. The van der Waals surface area contributed by atoms with Gasteiger partial charge in [0.1, 0.15) is 11.0 Å². The molecule has 1 heterocycles. The predicted octanol–water partition coefficient (Wildman–Crippen LogP) is 4.94. The molecule has 6 heteroatoms. The smallest absolute Gasteiger partial charge is 0.255 e. The zero-order chi connectivity index (χ0) is 19.0. The highest BCUT2D eigenvalue weighted by atomic mass is 35.5. The summed E-state index contributed by atoms with van der Waals surface area (Å²) in [5.74, 6) is -0.150. The summed E-state index contributed by atoms with van der Waals surface area (Å²) < 4.78 is 0. The Labute approximate surface area is 161 Å². The van der Waals surface area contributed by atoms with E-state index in [0.29, 0.717) is 16.1 Å². The monoisotopic (exact) mass is 376 g/mol. The van der Waals surface area contributed by atoms with Crippen LogP contribution in [0.4, 0.5) is 5.69 Å². The van der Waals surface area contributed by atoms with E-state index in [0.717, 1.165) is 28.0 Å². The van der Waals surface area contributed by atoms with E-state index in [2.05, 4.69) is 15.5 Å². The summed E-state index contributed by atoms with van der Waals surface area (Å²) >= 11 is 5.94. The standard InChI is InChI=1S/C21H17ClN4O/c1-13-3-5-15(6-4-13)21(27)23-18-12-20-19(11-14(18)2)24-26(25-20)17-9-7-16(22)8-10-17/h3-12H,1-2H3,(H,23,27). The van der Waals surface area contributed by atoms with Crippen molar-refractivity contribution < 1.29 is 4.79 Å². The number of nitrogens with one attached hydrogen (secondary N) is 1. The molecule has 0 aliphatic rings. The fourth-order valence-corrected chi connectivity index (χ4v) is 2.92. The normalized spacial score (nSPS) is 10.9. The van der Waals surface area contributed by atoms with Crippen molar-refractivity contribution in [3.63, 3.8) is 0 Å². The summed E-state index contributed by atoms with van der Waals surface area (Å²) in [6, 6.07) is 18.5. The highest BCUT2D eigenvalue weighted by Gasteiger charge is 2.12. The number of hydrogen-bond donors (Lipinski definition) is 1. The first-order chi connectivity index (χ1) is 13.0. The summed E-state index contributed by atoms with van der Waals surface area (Å²) in [5.41, 5.74) is 5.65. The Morgan fingerprint density at radius 1 is 0.926 bits per heavy atom. The van der Waals surface area contributed by atoms with Crippen molar-refractivity contribution in [2.75, 3.05) is 5.32 Å². The first-order valence-corrected chi connectivity index (χ1v) is 8.89. The molecule has 0 saturated carbocycles. The Bertz CT molecular complexity index is 1130. The fourth-order valence-electron chi connectivity index (χ4n) is 2.79. The van der Waals surface area contributed by atoms with Crippen LogP contribution in [-0.2, 0) is 0 Å². The number of halogens is 1. The first kappa shape index (κ1) is 17.2. The van der Waals surface area contributed by atoms with E-state index in [4.69, 9.17) is 11.6 Å². The molecule has 4 rings (SSSR count). The molecule has 134 valence electrons. The highest BCUT2D eigenvalue weighted by molar-refractivity contribution is 6.30. The molecule has 1 amide bonds. The van der Waals surface area contributed by atoms with Gasteiger partial charge in [0.05, 0.1) is 5.69 Å². The van der Waals surface area contributed by atoms with E-state index >= 15 is 0 Å². The quantitative estimate of drug-likeness (QED) is 0.550. The van der Waals surface area contributed by atoms with E-state index in [9.17, 15) is 4.79 Å². The third-order valence-electron chi connectivity index (χ3n) is 4.35. The number of fused-ring (bicyclic) bond motifs is 1. The van der Waals surface area contributed by atoms with Gasteiger partial charge in [-0.2, -0.15) is 4.80 Å². The third kappa shape index (κ3) is 3.55. The van der Waals surface area contributed by atoms with Crippen LogP contribution in [0.1, 0.15) is 21.5 Å². The van der Waals surface area contributed by atoms with Crippen molar-refractivity contribution in [1.82, 2.24) is 15.0 Å². The molecule has 0 atom stereocenters. The van der Waals surface area contributed by atoms with E-state index < -0.39 is 0 Å². The van der Waals surface area contributed by atoms with E-state index in [1.807, 2.05) is 62.4 Å². The average Bonchev–Trinajstić information content (AvgIpc) is 3.05. The summed E-state index contributed by atoms with van der Waals surface area (Å²) in [6.07, 6.45) is 0. The minimum atomic E-state index is -0.150. The molecule has 0 bridgehead atoms. The topological polar surface area (TPSA) is 59.8 Å². The summed E-state index contributed by atoms with van der Waals surface area (Å²) in [5, 5.41) is 12.6. The van der Waals surface area contributed by atoms with Crippen LogP contribution in [-0.4, -0.2) is 20.9 Å². The predicted molar refractivity (Wildman–Crippen MR) is 108 cm³/mol. The minimum Gasteiger partial charge on any atom is -0.322 e. The molecule has 4 aromatic rings. The van der Waals surface area contributed by atoms with Gasteiger partial charge >= 0.3 is 0 Å². The van der Waals surface area contributed by atoms with E-state index in [1.54, 1.807) is 16.9 Å². The molecule has 0 radical (unpaired) electrons. The molecule has 0 aliphatic heterocycles. The number of amides is 1. The van der Waals surface area contributed by atoms with Gasteiger partial charge in [-0.1, -0.05) is 29.3 Å². The number of hydrogen-bond acceptors (Lipinski definition) is 3. The van der Waals surface area contributed by atoms with Gasteiger partial charge in [-0.3, -0.25) is 4.79 Å². The van der Waals surface area contributed by atoms with Crippen LogP contribution in [0.15, 0.2) is 60.7 Å². The van der Waals surface area contributed by atoms with Crippen LogP contribution in [0.5, 0.6) is 0 Å². The molecule has 1 aromatic heterocycles. The van der Waals surface area contributed by atoms with Crippen LogP contribution in [0.2, 0.25) is 5.02 Å². The fraction of sp³-hybridized carbons (Fsp3) is 0.0952. The molecule has 3 aromatic carbocycles. The number of carbonyl (C=O) groups is 1. The molecular formula is C21H17ClN4O. The highest BCUT2D eigenvalue weighted by Crippen LogP contribution is 2.23. The average molecular weight is 377 g/mol. The number of rotatable bonds is 3. The zero-order valence-electron chi connectivity index (χ0n) is 14.9. The maximum absolute atomic E-state index is 12.5. The van der Waals surface area contributed by atoms with Crippen molar-refractivity contribution >= 4 is 34.2 Å². The molecule has 5 nitrogen and oxygen atoms in total.